The number of rotatable bonds is 19. The van der Waals surface area contributed by atoms with Crippen LogP contribution in [0.25, 0.3) is 0 Å². The van der Waals surface area contributed by atoms with E-state index in [-0.39, 0.29) is 18.0 Å². The molecule has 3 heteroatoms. The largest absolute Gasteiger partial charge is 0.386 e. The van der Waals surface area contributed by atoms with Gasteiger partial charge in [-0.3, -0.25) is 0 Å². The molecule has 0 saturated carbocycles. The van der Waals surface area contributed by atoms with Crippen LogP contribution in [0.4, 0.5) is 0 Å². The Hall–Kier alpha value is -0.700. The van der Waals surface area contributed by atoms with Crippen molar-refractivity contribution < 1.29 is 9.37 Å². The zero-order valence-electron chi connectivity index (χ0n) is 18.8. The molecule has 0 radical (unpaired) electrons. The van der Waals surface area contributed by atoms with Gasteiger partial charge in [0.2, 0.25) is 0 Å². The van der Waals surface area contributed by atoms with Crippen molar-refractivity contribution in [2.24, 2.45) is 5.73 Å². The molecule has 2 atom stereocenters. The van der Waals surface area contributed by atoms with E-state index in [4.69, 9.17) is 5.73 Å². The fraction of sp³-hybridized carbons (Fsp3) is 0.917. The first-order chi connectivity index (χ1) is 13.0. The van der Waals surface area contributed by atoms with Crippen molar-refractivity contribution in [3.8, 4) is 0 Å². The Morgan fingerprint density at radius 3 is 1.48 bits per heavy atom. The number of hydrogen-bond donors (Lipinski definition) is 1. The first kappa shape index (κ1) is 26.3. The Labute approximate surface area is 170 Å². The molecule has 0 aromatic carbocycles. The molecule has 0 aliphatic rings. The van der Waals surface area contributed by atoms with E-state index < -0.39 is 0 Å². The topological polar surface area (TPSA) is 46.1 Å². The third-order valence-corrected chi connectivity index (χ3v) is 5.74. The number of hydrogen-bond acceptors (Lipinski definition) is 2. The number of carbonyl (C=O) groups is 1. The molecule has 0 fully saturated rings. The van der Waals surface area contributed by atoms with Crippen LogP contribution in [0, 0.1) is 0 Å². The lowest BCUT2D eigenvalue weighted by molar-refractivity contribution is -0.484. The first-order valence-electron chi connectivity index (χ1n) is 11.9. The Balaban J connectivity index is 3.40. The number of carbonyl (C=O) groups excluding carboxylic acids is 1. The van der Waals surface area contributed by atoms with Gasteiger partial charge in [-0.25, -0.2) is 4.79 Å². The molecule has 27 heavy (non-hydrogen) atoms. The SMILES string of the molecule is C=[N+](C(=O)CCCCCCCCCCCCCCCCC)C(CC)C(C)N. The Kier molecular flexibility index (Phi) is 18.2. The highest BCUT2D eigenvalue weighted by atomic mass is 16.2. The lowest BCUT2D eigenvalue weighted by Crippen LogP contribution is -2.42. The number of nitrogens with two attached hydrogens (primary N) is 1. The Morgan fingerprint density at radius 2 is 1.15 bits per heavy atom. The highest BCUT2D eigenvalue weighted by Crippen LogP contribution is 2.14. The van der Waals surface area contributed by atoms with Gasteiger partial charge in [-0.1, -0.05) is 104 Å². The lowest BCUT2D eigenvalue weighted by atomic mass is 10.0. The van der Waals surface area contributed by atoms with Crippen molar-refractivity contribution in [2.45, 2.75) is 142 Å². The van der Waals surface area contributed by atoms with Crippen molar-refractivity contribution >= 4 is 12.6 Å². The zero-order valence-corrected chi connectivity index (χ0v) is 18.8. The standard InChI is InChI=1S/C24H49N2O/c1-5-7-8-9-10-11-12-13-14-15-16-17-18-19-20-21-24(27)26(4)23(6-2)22(3)25/h22-23H,4-21,25H2,1-3H3/q+1. The van der Waals surface area contributed by atoms with Gasteiger partial charge in [-0.05, 0) is 13.3 Å². The van der Waals surface area contributed by atoms with Gasteiger partial charge in [0.25, 0.3) is 0 Å². The fourth-order valence-corrected chi connectivity index (χ4v) is 3.85. The quantitative estimate of drug-likeness (QED) is 0.155. The molecule has 0 bridgehead atoms. The van der Waals surface area contributed by atoms with Crippen LogP contribution in [0.2, 0.25) is 0 Å². The molecule has 0 spiro atoms. The van der Waals surface area contributed by atoms with Crippen LogP contribution in [0.3, 0.4) is 0 Å². The molecular weight excluding hydrogens is 332 g/mol. The second-order valence-corrected chi connectivity index (χ2v) is 8.40. The summed E-state index contributed by atoms with van der Waals surface area (Å²) in [6.45, 7) is 10.2. The molecule has 0 aliphatic carbocycles. The van der Waals surface area contributed by atoms with E-state index in [1.807, 2.05) is 6.92 Å². The van der Waals surface area contributed by atoms with Gasteiger partial charge in [-0.15, -0.1) is 0 Å². The average Bonchev–Trinajstić information content (AvgIpc) is 2.64. The second-order valence-electron chi connectivity index (χ2n) is 8.40. The summed E-state index contributed by atoms with van der Waals surface area (Å²) >= 11 is 0. The maximum atomic E-state index is 12.2. The van der Waals surface area contributed by atoms with Crippen molar-refractivity contribution in [1.29, 1.82) is 0 Å². The summed E-state index contributed by atoms with van der Waals surface area (Å²) < 4.78 is 1.62. The molecule has 0 aromatic heterocycles. The Morgan fingerprint density at radius 1 is 0.778 bits per heavy atom. The molecule has 0 aromatic rings. The first-order valence-corrected chi connectivity index (χ1v) is 11.9. The van der Waals surface area contributed by atoms with E-state index in [0.717, 1.165) is 19.3 Å². The van der Waals surface area contributed by atoms with Crippen LogP contribution in [0.15, 0.2) is 0 Å². The van der Waals surface area contributed by atoms with Gasteiger partial charge >= 0.3 is 5.91 Å². The fourth-order valence-electron chi connectivity index (χ4n) is 3.85. The highest BCUT2D eigenvalue weighted by molar-refractivity contribution is 5.69. The summed E-state index contributed by atoms with van der Waals surface area (Å²) in [5, 5.41) is 0. The van der Waals surface area contributed by atoms with Crippen LogP contribution < -0.4 is 5.73 Å². The number of unbranched alkanes of at least 4 members (excludes halogenated alkanes) is 14. The van der Waals surface area contributed by atoms with E-state index in [0.29, 0.717) is 6.42 Å². The van der Waals surface area contributed by atoms with Gasteiger partial charge in [0.15, 0.2) is 6.04 Å². The zero-order chi connectivity index (χ0) is 20.3. The molecule has 1 amide bonds. The minimum Gasteiger partial charge on any atom is -0.322 e. The minimum atomic E-state index is -0.0162. The van der Waals surface area contributed by atoms with Gasteiger partial charge in [0.05, 0.1) is 12.5 Å². The van der Waals surface area contributed by atoms with E-state index in [1.54, 1.807) is 4.58 Å². The molecule has 3 nitrogen and oxygen atoms in total. The van der Waals surface area contributed by atoms with Gasteiger partial charge in [-0.2, -0.15) is 4.58 Å². The third-order valence-electron chi connectivity index (χ3n) is 5.74. The molecule has 0 saturated heterocycles. The number of nitrogens with zero attached hydrogens (tertiary/aromatic N) is 1. The second kappa shape index (κ2) is 18.7. The number of amides is 1. The summed E-state index contributed by atoms with van der Waals surface area (Å²) in [5.74, 6) is 0.147. The van der Waals surface area contributed by atoms with Crippen LogP contribution in [-0.2, 0) is 4.79 Å². The lowest BCUT2D eigenvalue weighted by Gasteiger charge is -2.15. The molecule has 0 aliphatic heterocycles. The van der Waals surface area contributed by atoms with Crippen molar-refractivity contribution in [1.82, 2.24) is 0 Å². The van der Waals surface area contributed by atoms with Crippen molar-refractivity contribution in [3.05, 3.63) is 0 Å². The minimum absolute atomic E-state index is 0.0162. The van der Waals surface area contributed by atoms with Crippen LogP contribution >= 0.6 is 0 Å². The van der Waals surface area contributed by atoms with Crippen LogP contribution in [0.5, 0.6) is 0 Å². The molecule has 0 heterocycles. The summed E-state index contributed by atoms with van der Waals surface area (Å²) in [4.78, 5) is 12.2. The van der Waals surface area contributed by atoms with E-state index >= 15 is 0 Å². The van der Waals surface area contributed by atoms with Gasteiger partial charge in [0.1, 0.15) is 6.72 Å². The molecular formula is C24H49N2O+. The smallest absolute Gasteiger partial charge is 0.322 e. The van der Waals surface area contributed by atoms with Gasteiger partial charge in [0, 0.05) is 6.42 Å². The van der Waals surface area contributed by atoms with Crippen molar-refractivity contribution in [3.63, 3.8) is 0 Å². The molecule has 2 N–H and O–H groups in total. The normalized spacial score (nSPS) is 13.5. The third kappa shape index (κ3) is 15.0. The predicted molar refractivity (Wildman–Crippen MR) is 120 cm³/mol. The van der Waals surface area contributed by atoms with Crippen LogP contribution in [0.1, 0.15) is 130 Å². The maximum absolute atomic E-state index is 12.2. The van der Waals surface area contributed by atoms with E-state index in [1.165, 1.54) is 83.5 Å². The molecule has 160 valence electrons. The maximum Gasteiger partial charge on any atom is 0.386 e. The summed E-state index contributed by atoms with van der Waals surface area (Å²) in [5.41, 5.74) is 5.94. The monoisotopic (exact) mass is 381 g/mol. The molecule has 0 rings (SSSR count). The van der Waals surface area contributed by atoms with E-state index in [2.05, 4.69) is 20.6 Å². The highest BCUT2D eigenvalue weighted by Gasteiger charge is 2.27. The average molecular weight is 382 g/mol. The van der Waals surface area contributed by atoms with Crippen LogP contribution in [-0.4, -0.2) is 29.3 Å². The van der Waals surface area contributed by atoms with E-state index in [9.17, 15) is 4.79 Å². The summed E-state index contributed by atoms with van der Waals surface area (Å²) in [7, 11) is 0. The summed E-state index contributed by atoms with van der Waals surface area (Å²) in [6.07, 6.45) is 21.7. The van der Waals surface area contributed by atoms with Gasteiger partial charge < -0.3 is 5.73 Å². The van der Waals surface area contributed by atoms with Crippen molar-refractivity contribution in [2.75, 3.05) is 0 Å². The Bertz CT molecular complexity index is 365. The summed E-state index contributed by atoms with van der Waals surface area (Å²) in [6, 6.07) is 0.0475. The molecule has 2 unspecified atom stereocenters. The predicted octanol–water partition coefficient (Wildman–Crippen LogP) is 6.61.